The van der Waals surface area contributed by atoms with Crippen LogP contribution in [0.2, 0.25) is 0 Å². The van der Waals surface area contributed by atoms with Crippen molar-refractivity contribution in [3.63, 3.8) is 0 Å². The van der Waals surface area contributed by atoms with Gasteiger partial charge in [-0.1, -0.05) is 25.1 Å². The Balaban J connectivity index is 2.06. The van der Waals surface area contributed by atoms with Gasteiger partial charge in [0.05, 0.1) is 5.56 Å². The number of hydrogen-bond donors (Lipinski definition) is 0. The lowest BCUT2D eigenvalue weighted by atomic mass is 10.2. The molecule has 0 heterocycles. The molecule has 18 heavy (non-hydrogen) atoms. The largest absolute Gasteiger partial charge is 0.489 e. The van der Waals surface area contributed by atoms with Gasteiger partial charge < -0.3 is 4.74 Å². The number of ether oxygens (including phenoxy) is 1. The quantitative estimate of drug-likeness (QED) is 0.791. The zero-order valence-corrected chi connectivity index (χ0v) is 10.1. The lowest BCUT2D eigenvalue weighted by Gasteiger charge is -2.08. The summed E-state index contributed by atoms with van der Waals surface area (Å²) < 4.78 is 32.1. The molecule has 2 rings (SSSR count). The van der Waals surface area contributed by atoms with Gasteiger partial charge >= 0.3 is 0 Å². The fourth-order valence-electron chi connectivity index (χ4n) is 1.65. The molecular formula is C15H14F2O. The van der Waals surface area contributed by atoms with Crippen molar-refractivity contribution in [2.45, 2.75) is 20.0 Å². The van der Waals surface area contributed by atoms with Crippen LogP contribution in [0.4, 0.5) is 8.78 Å². The van der Waals surface area contributed by atoms with Crippen molar-refractivity contribution in [1.29, 1.82) is 0 Å². The zero-order chi connectivity index (χ0) is 13.0. The maximum Gasteiger partial charge on any atom is 0.132 e. The highest BCUT2D eigenvalue weighted by Gasteiger charge is 2.08. The van der Waals surface area contributed by atoms with Gasteiger partial charge in [-0.2, -0.15) is 0 Å². The number of aryl methyl sites for hydroxylation is 1. The molecule has 94 valence electrons. The molecule has 0 fully saturated rings. The molecule has 0 amide bonds. The maximum atomic E-state index is 13.4. The second-order valence-electron chi connectivity index (χ2n) is 3.99. The van der Waals surface area contributed by atoms with Crippen LogP contribution in [0.15, 0.2) is 42.5 Å². The third-order valence-electron chi connectivity index (χ3n) is 2.78. The van der Waals surface area contributed by atoms with Gasteiger partial charge in [-0.15, -0.1) is 0 Å². The van der Waals surface area contributed by atoms with Crippen LogP contribution < -0.4 is 4.74 Å². The average Bonchev–Trinajstić information content (AvgIpc) is 2.39. The molecule has 0 radical (unpaired) electrons. The second-order valence-corrected chi connectivity index (χ2v) is 3.99. The summed E-state index contributed by atoms with van der Waals surface area (Å²) in [6, 6.07) is 11.3. The molecule has 0 aliphatic rings. The molecule has 2 aromatic rings. The molecule has 2 aromatic carbocycles. The van der Waals surface area contributed by atoms with Crippen molar-refractivity contribution in [2.75, 3.05) is 0 Å². The van der Waals surface area contributed by atoms with Gasteiger partial charge in [0.2, 0.25) is 0 Å². The molecule has 0 aromatic heterocycles. The van der Waals surface area contributed by atoms with Crippen molar-refractivity contribution in [1.82, 2.24) is 0 Å². The Bertz CT molecular complexity index is 500. The summed E-state index contributed by atoms with van der Waals surface area (Å²) in [6.45, 7) is 1.95. The molecular weight excluding hydrogens is 234 g/mol. The van der Waals surface area contributed by atoms with Crippen LogP contribution in [0.5, 0.6) is 5.75 Å². The monoisotopic (exact) mass is 248 g/mol. The van der Waals surface area contributed by atoms with E-state index < -0.39 is 11.6 Å². The van der Waals surface area contributed by atoms with Gasteiger partial charge in [0.1, 0.15) is 24.0 Å². The van der Waals surface area contributed by atoms with E-state index in [4.69, 9.17) is 4.74 Å². The van der Waals surface area contributed by atoms with Crippen molar-refractivity contribution in [2.24, 2.45) is 0 Å². The van der Waals surface area contributed by atoms with E-state index in [-0.39, 0.29) is 12.2 Å². The topological polar surface area (TPSA) is 9.23 Å². The van der Waals surface area contributed by atoms with Gasteiger partial charge in [0.15, 0.2) is 0 Å². The SMILES string of the molecule is CCc1ccc(OCc2c(F)cccc2F)cc1. The lowest BCUT2D eigenvalue weighted by Crippen LogP contribution is -2.01. The minimum Gasteiger partial charge on any atom is -0.489 e. The summed E-state index contributed by atoms with van der Waals surface area (Å²) in [5.74, 6) is -0.560. The smallest absolute Gasteiger partial charge is 0.132 e. The third kappa shape index (κ3) is 2.86. The molecule has 0 saturated carbocycles. The molecule has 0 unspecified atom stereocenters. The van der Waals surface area contributed by atoms with Crippen LogP contribution in [0.1, 0.15) is 18.1 Å². The highest BCUT2D eigenvalue weighted by molar-refractivity contribution is 5.28. The summed E-state index contributed by atoms with van der Waals surface area (Å²) in [6.07, 6.45) is 0.947. The number of benzene rings is 2. The predicted molar refractivity (Wildman–Crippen MR) is 66.5 cm³/mol. The van der Waals surface area contributed by atoms with Crippen LogP contribution in [-0.4, -0.2) is 0 Å². The van der Waals surface area contributed by atoms with Gasteiger partial charge in [0.25, 0.3) is 0 Å². The highest BCUT2D eigenvalue weighted by Crippen LogP contribution is 2.17. The normalized spacial score (nSPS) is 10.4. The molecule has 0 saturated heterocycles. The lowest BCUT2D eigenvalue weighted by molar-refractivity contribution is 0.292. The first-order valence-corrected chi connectivity index (χ1v) is 5.85. The molecule has 0 bridgehead atoms. The number of halogens is 2. The van der Waals surface area contributed by atoms with Gasteiger partial charge in [-0.25, -0.2) is 8.78 Å². The maximum absolute atomic E-state index is 13.4. The average molecular weight is 248 g/mol. The Hall–Kier alpha value is -1.90. The Morgan fingerprint density at radius 1 is 0.944 bits per heavy atom. The second kappa shape index (κ2) is 5.63. The molecule has 0 spiro atoms. The zero-order valence-electron chi connectivity index (χ0n) is 10.1. The molecule has 1 nitrogen and oxygen atoms in total. The standard InChI is InChI=1S/C15H14F2O/c1-2-11-6-8-12(9-7-11)18-10-13-14(16)4-3-5-15(13)17/h3-9H,2,10H2,1H3. The van der Waals surface area contributed by atoms with Crippen LogP contribution in [-0.2, 0) is 13.0 Å². The summed E-state index contributed by atoms with van der Waals surface area (Å²) in [4.78, 5) is 0. The number of hydrogen-bond acceptors (Lipinski definition) is 1. The van der Waals surface area contributed by atoms with Crippen molar-refractivity contribution >= 4 is 0 Å². The van der Waals surface area contributed by atoms with Crippen LogP contribution in [0, 0.1) is 11.6 Å². The van der Waals surface area contributed by atoms with Gasteiger partial charge in [-0.3, -0.25) is 0 Å². The molecule has 0 aliphatic carbocycles. The fraction of sp³-hybridized carbons (Fsp3) is 0.200. The minimum atomic E-state index is -0.583. The Morgan fingerprint density at radius 3 is 2.11 bits per heavy atom. The van der Waals surface area contributed by atoms with Crippen LogP contribution in [0.3, 0.4) is 0 Å². The van der Waals surface area contributed by atoms with Crippen molar-refractivity contribution in [3.8, 4) is 5.75 Å². The molecule has 3 heteroatoms. The molecule has 0 atom stereocenters. The number of rotatable bonds is 4. The summed E-state index contributed by atoms with van der Waals surface area (Å²) >= 11 is 0. The summed E-state index contributed by atoms with van der Waals surface area (Å²) in [7, 11) is 0. The summed E-state index contributed by atoms with van der Waals surface area (Å²) in [5.41, 5.74) is 1.15. The Kier molecular flexibility index (Phi) is 3.92. The Labute approximate surface area is 105 Å². The molecule has 0 aliphatic heterocycles. The van der Waals surface area contributed by atoms with E-state index in [2.05, 4.69) is 6.92 Å². The fourth-order valence-corrected chi connectivity index (χ4v) is 1.65. The van der Waals surface area contributed by atoms with E-state index in [1.165, 1.54) is 23.8 Å². The minimum absolute atomic E-state index is 0.0444. The van der Waals surface area contributed by atoms with E-state index in [1.807, 2.05) is 12.1 Å². The van der Waals surface area contributed by atoms with Crippen LogP contribution >= 0.6 is 0 Å². The van der Waals surface area contributed by atoms with E-state index in [0.717, 1.165) is 6.42 Å². The highest BCUT2D eigenvalue weighted by atomic mass is 19.1. The predicted octanol–water partition coefficient (Wildman–Crippen LogP) is 4.11. The first kappa shape index (κ1) is 12.6. The van der Waals surface area contributed by atoms with Crippen molar-refractivity contribution < 1.29 is 13.5 Å². The molecule has 0 N–H and O–H groups in total. The van der Waals surface area contributed by atoms with E-state index >= 15 is 0 Å². The van der Waals surface area contributed by atoms with Gasteiger partial charge in [0, 0.05) is 0 Å². The third-order valence-corrected chi connectivity index (χ3v) is 2.78. The first-order chi connectivity index (χ1) is 8.70. The van der Waals surface area contributed by atoms with Crippen molar-refractivity contribution in [3.05, 3.63) is 65.2 Å². The van der Waals surface area contributed by atoms with E-state index in [1.54, 1.807) is 12.1 Å². The first-order valence-electron chi connectivity index (χ1n) is 5.85. The van der Waals surface area contributed by atoms with Gasteiger partial charge in [-0.05, 0) is 36.2 Å². The Morgan fingerprint density at radius 2 is 1.56 bits per heavy atom. The summed E-state index contributed by atoms with van der Waals surface area (Å²) in [5, 5.41) is 0. The van der Waals surface area contributed by atoms with E-state index in [0.29, 0.717) is 5.75 Å². The van der Waals surface area contributed by atoms with E-state index in [9.17, 15) is 8.78 Å². The van der Waals surface area contributed by atoms with Crippen LogP contribution in [0.25, 0.3) is 0 Å².